The third kappa shape index (κ3) is 6.09. The minimum Gasteiger partial charge on any atom is -0.363 e. The van der Waals surface area contributed by atoms with Crippen molar-refractivity contribution in [2.45, 2.75) is 26.7 Å². The summed E-state index contributed by atoms with van der Waals surface area (Å²) in [7, 11) is 0. The quantitative estimate of drug-likeness (QED) is 0.236. The first kappa shape index (κ1) is 23.1. The number of thiophene rings is 1. The molecule has 0 spiro atoms. The van der Waals surface area contributed by atoms with Gasteiger partial charge in [0.1, 0.15) is 5.00 Å². The minimum atomic E-state index is 0.645. The molecule has 0 saturated carbocycles. The summed E-state index contributed by atoms with van der Waals surface area (Å²) in [6, 6.07) is 17.4. The number of anilines is 1. The fourth-order valence-corrected chi connectivity index (χ4v) is 5.08. The maximum atomic E-state index is 4.42. The first-order chi connectivity index (χ1) is 17.1. The lowest BCUT2D eigenvalue weighted by Crippen LogP contribution is -2.15. The minimum absolute atomic E-state index is 0.645. The van der Waals surface area contributed by atoms with Crippen molar-refractivity contribution >= 4 is 60.6 Å². The molecule has 10 heteroatoms. The van der Waals surface area contributed by atoms with Gasteiger partial charge in [-0.05, 0) is 86.8 Å². The summed E-state index contributed by atoms with van der Waals surface area (Å²) in [5.74, 6) is 0. The van der Waals surface area contributed by atoms with Gasteiger partial charge in [0, 0.05) is 18.5 Å². The Morgan fingerprint density at radius 3 is 2.11 bits per heavy atom. The fraction of sp³-hybridized carbons (Fsp3) is 0.240. The van der Waals surface area contributed by atoms with Gasteiger partial charge in [-0.25, -0.2) is 4.98 Å². The third-order valence-electron chi connectivity index (χ3n) is 5.42. The Balaban J connectivity index is 1.20. The molecule has 0 unspecified atom stereocenters. The third-order valence-corrected chi connectivity index (χ3v) is 7.29. The molecule has 4 aromatic rings. The molecule has 35 heavy (non-hydrogen) atoms. The van der Waals surface area contributed by atoms with Crippen molar-refractivity contribution in [2.24, 2.45) is 30.7 Å². The molecule has 1 aliphatic heterocycles. The van der Waals surface area contributed by atoms with Crippen molar-refractivity contribution in [1.82, 2.24) is 4.98 Å². The van der Waals surface area contributed by atoms with Crippen LogP contribution >= 0.6 is 22.7 Å². The van der Waals surface area contributed by atoms with Crippen LogP contribution < -0.4 is 4.90 Å². The highest BCUT2D eigenvalue weighted by Gasteiger charge is 2.14. The van der Waals surface area contributed by atoms with Crippen LogP contribution in [-0.4, -0.2) is 18.1 Å². The Hall–Kier alpha value is -3.63. The van der Waals surface area contributed by atoms with Crippen molar-refractivity contribution in [1.29, 1.82) is 0 Å². The van der Waals surface area contributed by atoms with Gasteiger partial charge in [-0.15, -0.1) is 31.8 Å². The molecule has 0 N–H and O–H groups in total. The predicted molar refractivity (Wildman–Crippen MR) is 143 cm³/mol. The zero-order valence-corrected chi connectivity index (χ0v) is 21.1. The van der Waals surface area contributed by atoms with E-state index in [4.69, 9.17) is 0 Å². The molecule has 8 nitrogen and oxygen atoms in total. The molecule has 3 heterocycles. The van der Waals surface area contributed by atoms with E-state index < -0.39 is 0 Å². The van der Waals surface area contributed by atoms with E-state index in [-0.39, 0.29) is 0 Å². The smallest absolute Gasteiger partial charge is 0.230 e. The number of aromatic nitrogens is 1. The molecule has 0 radical (unpaired) electrons. The van der Waals surface area contributed by atoms with Crippen LogP contribution in [0.25, 0.3) is 0 Å². The van der Waals surface area contributed by atoms with Gasteiger partial charge in [0.05, 0.1) is 33.4 Å². The highest BCUT2D eigenvalue weighted by atomic mass is 32.1. The number of hydrogen-bond donors (Lipinski definition) is 0. The Kier molecular flexibility index (Phi) is 7.10. The van der Waals surface area contributed by atoms with E-state index in [0.717, 1.165) is 52.1 Å². The van der Waals surface area contributed by atoms with Crippen LogP contribution in [0.5, 0.6) is 0 Å². The highest BCUT2D eigenvalue weighted by molar-refractivity contribution is 7.19. The van der Waals surface area contributed by atoms with Crippen molar-refractivity contribution in [3.63, 3.8) is 0 Å². The average Bonchev–Trinajstić information content (AvgIpc) is 3.63. The maximum absolute atomic E-state index is 4.42. The molecule has 2 aromatic heterocycles. The van der Waals surface area contributed by atoms with Gasteiger partial charge >= 0.3 is 0 Å². The molecule has 5 rings (SSSR count). The first-order valence-electron chi connectivity index (χ1n) is 11.4. The SMILES string of the molecule is Cc1csc(N=Nc2ccc(N=Nc3ccc(N=Nc4ccc(N5CCCC5)s4)cc3C)cc2)n1. The molecule has 0 amide bonds. The first-order valence-corrected chi connectivity index (χ1v) is 13.0. The molecular weight excluding hydrogens is 476 g/mol. The number of thiazole rings is 1. The summed E-state index contributed by atoms with van der Waals surface area (Å²) >= 11 is 3.15. The largest absolute Gasteiger partial charge is 0.363 e. The van der Waals surface area contributed by atoms with Crippen LogP contribution in [0.3, 0.4) is 0 Å². The van der Waals surface area contributed by atoms with Crippen LogP contribution in [0.15, 0.2) is 90.7 Å². The standard InChI is InChI=1S/C25H24N8S2/c1-17-15-21(29-31-23-11-12-24(35-23)33-13-3-4-14-33)9-10-22(17)30-27-19-5-7-20(8-6-19)28-32-25-26-18(2)16-34-25/h5-12,15-16H,3-4,13-14H2,1-2H3. The molecule has 1 saturated heterocycles. The van der Waals surface area contributed by atoms with Crippen molar-refractivity contribution in [2.75, 3.05) is 18.0 Å². The van der Waals surface area contributed by atoms with Crippen LogP contribution in [0.1, 0.15) is 24.1 Å². The summed E-state index contributed by atoms with van der Waals surface area (Å²) in [6.07, 6.45) is 2.53. The van der Waals surface area contributed by atoms with Gasteiger partial charge < -0.3 is 4.90 Å². The van der Waals surface area contributed by atoms with Gasteiger partial charge in [0.2, 0.25) is 5.13 Å². The van der Waals surface area contributed by atoms with Crippen LogP contribution in [0.2, 0.25) is 0 Å². The highest BCUT2D eigenvalue weighted by Crippen LogP contribution is 2.35. The Labute approximate surface area is 211 Å². The molecule has 0 bridgehead atoms. The van der Waals surface area contributed by atoms with E-state index in [1.165, 1.54) is 29.2 Å². The van der Waals surface area contributed by atoms with E-state index in [9.17, 15) is 0 Å². The van der Waals surface area contributed by atoms with E-state index in [1.807, 2.05) is 67.8 Å². The number of nitrogens with zero attached hydrogens (tertiary/aromatic N) is 8. The molecule has 176 valence electrons. The Morgan fingerprint density at radius 2 is 1.43 bits per heavy atom. The van der Waals surface area contributed by atoms with Crippen LogP contribution in [-0.2, 0) is 0 Å². The molecule has 2 aromatic carbocycles. The lowest BCUT2D eigenvalue weighted by atomic mass is 10.2. The second-order valence-electron chi connectivity index (χ2n) is 8.16. The Bertz CT molecular complexity index is 1380. The topological polar surface area (TPSA) is 90.3 Å². The van der Waals surface area contributed by atoms with E-state index >= 15 is 0 Å². The predicted octanol–water partition coefficient (Wildman–Crippen LogP) is 9.67. The summed E-state index contributed by atoms with van der Waals surface area (Å²) in [5.41, 5.74) is 4.99. The zero-order valence-electron chi connectivity index (χ0n) is 19.5. The lowest BCUT2D eigenvalue weighted by molar-refractivity contribution is 0.949. The molecule has 0 atom stereocenters. The van der Waals surface area contributed by atoms with Gasteiger partial charge in [-0.1, -0.05) is 11.3 Å². The second kappa shape index (κ2) is 10.7. The molecular formula is C25H24N8S2. The van der Waals surface area contributed by atoms with Crippen molar-refractivity contribution in [3.8, 4) is 0 Å². The average molecular weight is 501 g/mol. The monoisotopic (exact) mass is 500 g/mol. The number of azo groups is 3. The van der Waals surface area contributed by atoms with Gasteiger partial charge in [-0.2, -0.15) is 10.2 Å². The van der Waals surface area contributed by atoms with Crippen molar-refractivity contribution < 1.29 is 0 Å². The number of aryl methyl sites for hydroxylation is 2. The zero-order chi connectivity index (χ0) is 24.0. The number of rotatable bonds is 7. The second-order valence-corrected chi connectivity index (χ2v) is 10.0. The van der Waals surface area contributed by atoms with Crippen molar-refractivity contribution in [3.05, 3.63) is 71.2 Å². The summed E-state index contributed by atoms with van der Waals surface area (Å²) < 4.78 is 0. The number of hydrogen-bond acceptors (Lipinski definition) is 10. The molecule has 1 aliphatic rings. The maximum Gasteiger partial charge on any atom is 0.230 e. The van der Waals surface area contributed by atoms with Gasteiger partial charge in [0.25, 0.3) is 0 Å². The summed E-state index contributed by atoms with van der Waals surface area (Å²) in [4.78, 5) is 6.69. The van der Waals surface area contributed by atoms with E-state index in [2.05, 4.69) is 46.6 Å². The normalized spacial score (nSPS) is 14.3. The van der Waals surface area contributed by atoms with Crippen LogP contribution in [0.4, 0.5) is 37.9 Å². The van der Waals surface area contributed by atoms with E-state index in [1.54, 1.807) is 11.3 Å². The fourth-order valence-electron chi connectivity index (χ4n) is 3.59. The molecule has 1 fully saturated rings. The number of benzene rings is 2. The lowest BCUT2D eigenvalue weighted by Gasteiger charge is -2.13. The van der Waals surface area contributed by atoms with Crippen LogP contribution in [0, 0.1) is 13.8 Å². The molecule has 0 aliphatic carbocycles. The Morgan fingerprint density at radius 1 is 0.743 bits per heavy atom. The van der Waals surface area contributed by atoms with E-state index in [0.29, 0.717) is 5.13 Å². The summed E-state index contributed by atoms with van der Waals surface area (Å²) in [5, 5.41) is 30.7. The summed E-state index contributed by atoms with van der Waals surface area (Å²) in [6.45, 7) is 6.20. The van der Waals surface area contributed by atoms with Gasteiger partial charge in [0.15, 0.2) is 0 Å². The van der Waals surface area contributed by atoms with Gasteiger partial charge in [-0.3, -0.25) is 0 Å².